The molecule has 1 aliphatic rings. The molecule has 7 heteroatoms. The average molecular weight is 369 g/mol. The van der Waals surface area contributed by atoms with Crippen LogP contribution in [-0.4, -0.2) is 38.9 Å². The van der Waals surface area contributed by atoms with Crippen LogP contribution in [0.4, 0.5) is 5.82 Å². The van der Waals surface area contributed by atoms with Crippen molar-refractivity contribution in [3.63, 3.8) is 0 Å². The van der Waals surface area contributed by atoms with Gasteiger partial charge in [-0.1, -0.05) is 42.1 Å². The molecular weight excluding hydrogens is 346 g/mol. The van der Waals surface area contributed by atoms with E-state index in [4.69, 9.17) is 4.74 Å². The van der Waals surface area contributed by atoms with E-state index in [0.29, 0.717) is 0 Å². The first-order valence-electron chi connectivity index (χ1n) is 9.03. The fraction of sp³-hybridized carbons (Fsp3) is 0.421. The second kappa shape index (κ2) is 8.05. The Morgan fingerprint density at radius 1 is 1.23 bits per heavy atom. The van der Waals surface area contributed by atoms with Crippen molar-refractivity contribution in [3.05, 3.63) is 42.2 Å². The average Bonchev–Trinajstić information content (AvgIpc) is 3.13. The zero-order chi connectivity index (χ0) is 17.8. The number of imidazole rings is 1. The topological polar surface area (TPSA) is 64.9 Å². The van der Waals surface area contributed by atoms with E-state index in [9.17, 15) is 0 Å². The largest absolute Gasteiger partial charge is 0.368 e. The summed E-state index contributed by atoms with van der Waals surface area (Å²) in [6.45, 7) is 1.60. The zero-order valence-corrected chi connectivity index (χ0v) is 15.7. The molecule has 0 saturated carbocycles. The molecule has 3 aromatic rings. The molecule has 3 heterocycles. The van der Waals surface area contributed by atoms with Gasteiger partial charge < -0.3 is 10.1 Å². The Labute approximate surface area is 157 Å². The van der Waals surface area contributed by atoms with Crippen molar-refractivity contribution in [2.45, 2.75) is 37.1 Å². The number of hydrogen-bond acceptors (Lipinski definition) is 6. The summed E-state index contributed by atoms with van der Waals surface area (Å²) in [6, 6.07) is 10.4. The van der Waals surface area contributed by atoms with E-state index in [1.54, 1.807) is 11.8 Å². The summed E-state index contributed by atoms with van der Waals surface area (Å²) < 4.78 is 7.97. The van der Waals surface area contributed by atoms with Gasteiger partial charge in [0.05, 0.1) is 6.33 Å². The summed E-state index contributed by atoms with van der Waals surface area (Å²) in [5.41, 5.74) is 2.96. The van der Waals surface area contributed by atoms with Crippen molar-refractivity contribution < 1.29 is 4.74 Å². The first kappa shape index (κ1) is 17.3. The molecule has 1 saturated heterocycles. The lowest BCUT2D eigenvalue weighted by molar-refractivity contribution is -0.0298. The molecule has 6 nitrogen and oxygen atoms in total. The Bertz CT molecular complexity index is 861. The predicted molar refractivity (Wildman–Crippen MR) is 105 cm³/mol. The summed E-state index contributed by atoms with van der Waals surface area (Å²) in [5.74, 6) is 0.796. The Morgan fingerprint density at radius 3 is 2.88 bits per heavy atom. The van der Waals surface area contributed by atoms with E-state index in [0.717, 1.165) is 54.6 Å². The van der Waals surface area contributed by atoms with Crippen molar-refractivity contribution in [2.24, 2.45) is 0 Å². The van der Waals surface area contributed by atoms with E-state index in [1.165, 1.54) is 12.0 Å². The fourth-order valence-corrected chi connectivity index (χ4v) is 3.60. The molecule has 1 aromatic carbocycles. The quantitative estimate of drug-likeness (QED) is 0.525. The van der Waals surface area contributed by atoms with Crippen LogP contribution in [0.3, 0.4) is 0 Å². The van der Waals surface area contributed by atoms with Crippen LogP contribution in [0.25, 0.3) is 11.2 Å². The summed E-state index contributed by atoms with van der Waals surface area (Å²) in [5, 5.41) is 4.19. The lowest BCUT2D eigenvalue weighted by Crippen LogP contribution is -2.18. The molecule has 1 atom stereocenters. The number of nitrogens with one attached hydrogen (secondary N) is 1. The van der Waals surface area contributed by atoms with Gasteiger partial charge in [0.2, 0.25) is 0 Å². The van der Waals surface area contributed by atoms with Crippen LogP contribution in [0.2, 0.25) is 0 Å². The molecule has 0 spiro atoms. The monoisotopic (exact) mass is 369 g/mol. The molecule has 2 aromatic heterocycles. The Kier molecular flexibility index (Phi) is 5.36. The van der Waals surface area contributed by atoms with Gasteiger partial charge in [0.15, 0.2) is 22.1 Å². The lowest BCUT2D eigenvalue weighted by atomic mass is 10.1. The van der Waals surface area contributed by atoms with Crippen molar-refractivity contribution in [2.75, 3.05) is 24.7 Å². The lowest BCUT2D eigenvalue weighted by Gasteiger charge is -2.23. The van der Waals surface area contributed by atoms with Gasteiger partial charge in [-0.25, -0.2) is 15.0 Å². The normalized spacial score (nSPS) is 17.5. The molecule has 4 rings (SSSR count). The molecule has 1 N–H and O–H groups in total. The summed E-state index contributed by atoms with van der Waals surface area (Å²) in [4.78, 5) is 13.9. The molecular formula is C19H23N5OS. The third kappa shape index (κ3) is 3.68. The molecule has 0 radical (unpaired) electrons. The molecule has 1 unspecified atom stereocenters. The predicted octanol–water partition coefficient (Wildman–Crippen LogP) is 3.90. The van der Waals surface area contributed by atoms with Crippen LogP contribution in [0, 0.1) is 0 Å². The van der Waals surface area contributed by atoms with Gasteiger partial charge in [-0.05, 0) is 37.5 Å². The number of rotatable bonds is 6. The highest BCUT2D eigenvalue weighted by Gasteiger charge is 2.21. The summed E-state index contributed by atoms with van der Waals surface area (Å²) in [6.07, 6.45) is 8.09. The van der Waals surface area contributed by atoms with E-state index >= 15 is 0 Å². The Hall–Kier alpha value is -2.12. The molecule has 0 amide bonds. The summed E-state index contributed by atoms with van der Waals surface area (Å²) >= 11 is 1.54. The van der Waals surface area contributed by atoms with Crippen molar-refractivity contribution >= 4 is 28.7 Å². The number of anilines is 1. The maximum atomic E-state index is 5.92. The molecule has 0 bridgehead atoms. The zero-order valence-electron chi connectivity index (χ0n) is 14.9. The number of ether oxygens (including phenoxy) is 1. The van der Waals surface area contributed by atoms with Crippen LogP contribution < -0.4 is 5.32 Å². The van der Waals surface area contributed by atoms with Gasteiger partial charge in [0, 0.05) is 13.2 Å². The van der Waals surface area contributed by atoms with E-state index in [-0.39, 0.29) is 6.23 Å². The first-order valence-corrected chi connectivity index (χ1v) is 10.3. The van der Waals surface area contributed by atoms with Crippen LogP contribution in [0.5, 0.6) is 0 Å². The smallest absolute Gasteiger partial charge is 0.191 e. The van der Waals surface area contributed by atoms with Crippen LogP contribution >= 0.6 is 11.8 Å². The fourth-order valence-electron chi connectivity index (χ4n) is 3.23. The standard InChI is InChI=1S/C19H23N5OS/c1-26-19-22-17(20-11-10-14-7-3-2-4-8-14)16-18(23-19)24(13-21-16)15-9-5-6-12-25-15/h2-4,7-8,13,15H,5-6,9-12H2,1H3,(H,20,22,23). The number of nitrogens with zero attached hydrogens (tertiary/aromatic N) is 4. The number of hydrogen-bond donors (Lipinski definition) is 1. The number of aromatic nitrogens is 4. The highest BCUT2D eigenvalue weighted by Crippen LogP contribution is 2.29. The van der Waals surface area contributed by atoms with Gasteiger partial charge in [-0.15, -0.1) is 0 Å². The van der Waals surface area contributed by atoms with Crippen molar-refractivity contribution in [1.82, 2.24) is 19.5 Å². The molecule has 1 fully saturated rings. The van der Waals surface area contributed by atoms with Gasteiger partial charge in [0.1, 0.15) is 6.23 Å². The molecule has 0 aliphatic carbocycles. The SMILES string of the molecule is CSc1nc(NCCc2ccccc2)c2ncn(C3CCCCO3)c2n1. The minimum Gasteiger partial charge on any atom is -0.368 e. The van der Waals surface area contributed by atoms with Gasteiger partial charge in [0.25, 0.3) is 0 Å². The number of benzene rings is 1. The third-order valence-electron chi connectivity index (χ3n) is 4.60. The maximum absolute atomic E-state index is 5.92. The number of thioether (sulfide) groups is 1. The van der Waals surface area contributed by atoms with Crippen LogP contribution in [-0.2, 0) is 11.2 Å². The summed E-state index contributed by atoms with van der Waals surface area (Å²) in [7, 11) is 0. The number of fused-ring (bicyclic) bond motifs is 1. The van der Waals surface area contributed by atoms with Crippen LogP contribution in [0.15, 0.2) is 41.8 Å². The van der Waals surface area contributed by atoms with Crippen LogP contribution in [0.1, 0.15) is 31.1 Å². The second-order valence-electron chi connectivity index (χ2n) is 6.37. The Morgan fingerprint density at radius 2 is 2.12 bits per heavy atom. The first-order chi connectivity index (χ1) is 12.8. The Balaban J connectivity index is 1.58. The third-order valence-corrected chi connectivity index (χ3v) is 5.15. The van der Waals surface area contributed by atoms with Gasteiger partial charge in [-0.3, -0.25) is 4.57 Å². The molecule has 26 heavy (non-hydrogen) atoms. The highest BCUT2D eigenvalue weighted by molar-refractivity contribution is 7.98. The van der Waals surface area contributed by atoms with Crippen molar-refractivity contribution in [3.8, 4) is 0 Å². The van der Waals surface area contributed by atoms with E-state index in [2.05, 4.69) is 49.1 Å². The second-order valence-corrected chi connectivity index (χ2v) is 7.14. The minimum absolute atomic E-state index is 0.0236. The van der Waals surface area contributed by atoms with E-state index in [1.807, 2.05) is 18.6 Å². The molecule has 1 aliphatic heterocycles. The molecule has 136 valence electrons. The van der Waals surface area contributed by atoms with E-state index < -0.39 is 0 Å². The minimum atomic E-state index is 0.0236. The highest BCUT2D eigenvalue weighted by atomic mass is 32.2. The van der Waals surface area contributed by atoms with Crippen molar-refractivity contribution in [1.29, 1.82) is 0 Å². The van der Waals surface area contributed by atoms with Gasteiger partial charge in [-0.2, -0.15) is 0 Å². The van der Waals surface area contributed by atoms with Gasteiger partial charge >= 0.3 is 0 Å². The maximum Gasteiger partial charge on any atom is 0.191 e.